The van der Waals surface area contributed by atoms with Crippen LogP contribution in [0.4, 0.5) is 0 Å². The minimum absolute atomic E-state index is 0.00534. The van der Waals surface area contributed by atoms with Crippen LogP contribution in [0.15, 0.2) is 0 Å². The van der Waals surface area contributed by atoms with Gasteiger partial charge in [0.05, 0.1) is 6.10 Å². The summed E-state index contributed by atoms with van der Waals surface area (Å²) in [6.45, 7) is 10.2. The Hall–Kier alpha value is -0.0400. The molecule has 0 aliphatic heterocycles. The molecule has 4 aliphatic rings. The van der Waals surface area contributed by atoms with Crippen molar-refractivity contribution in [2.24, 2.45) is 46.3 Å². The molecule has 4 rings (SSSR count). The molecule has 1 nitrogen and oxygen atoms in total. The molecule has 1 heteroatoms. The SMILES string of the molecule is CCCC(C)[C@H]1CCC2C3CCC4CC(O)CC[C@]4(C)C3CC[C@@]21C. The highest BCUT2D eigenvalue weighted by Crippen LogP contribution is 2.68. The summed E-state index contributed by atoms with van der Waals surface area (Å²) < 4.78 is 0. The van der Waals surface area contributed by atoms with E-state index in [0.29, 0.717) is 10.8 Å². The molecule has 0 radical (unpaired) electrons. The molecule has 0 amide bonds. The molecule has 0 saturated heterocycles. The summed E-state index contributed by atoms with van der Waals surface area (Å²) >= 11 is 0. The maximum absolute atomic E-state index is 10.2. The lowest BCUT2D eigenvalue weighted by Gasteiger charge is -2.61. The molecule has 0 bridgehead atoms. The first kappa shape index (κ1) is 18.3. The van der Waals surface area contributed by atoms with Gasteiger partial charge in [0.25, 0.3) is 0 Å². The van der Waals surface area contributed by atoms with Crippen molar-refractivity contribution in [3.05, 3.63) is 0 Å². The summed E-state index contributed by atoms with van der Waals surface area (Å²) in [4.78, 5) is 0. The fraction of sp³-hybridized carbons (Fsp3) is 1.00. The standard InChI is InChI=1S/C24H42O/c1-5-6-16(2)20-9-10-21-19-8-7-17-15-18(25)11-13-23(17,3)22(19)12-14-24(20,21)4/h16-22,25H,5-15H2,1-4H3/t16?,17?,18?,19?,20-,21?,22?,23+,24-/m1/s1. The Kier molecular flexibility index (Phi) is 4.79. The highest BCUT2D eigenvalue weighted by Gasteiger charge is 2.60. The van der Waals surface area contributed by atoms with Gasteiger partial charge in [-0.3, -0.25) is 0 Å². The van der Waals surface area contributed by atoms with E-state index in [1.54, 1.807) is 0 Å². The fourth-order valence-electron chi connectivity index (χ4n) is 8.87. The summed E-state index contributed by atoms with van der Waals surface area (Å²) in [6.07, 6.45) is 15.1. The van der Waals surface area contributed by atoms with Crippen molar-refractivity contribution in [3.8, 4) is 0 Å². The zero-order chi connectivity index (χ0) is 17.8. The lowest BCUT2D eigenvalue weighted by Crippen LogP contribution is -2.54. The van der Waals surface area contributed by atoms with Crippen LogP contribution in [0.3, 0.4) is 0 Å². The summed E-state index contributed by atoms with van der Waals surface area (Å²) in [5.41, 5.74) is 1.17. The highest BCUT2D eigenvalue weighted by molar-refractivity contribution is 5.09. The van der Waals surface area contributed by atoms with Crippen LogP contribution >= 0.6 is 0 Å². The molecule has 0 aromatic heterocycles. The minimum Gasteiger partial charge on any atom is -0.393 e. The van der Waals surface area contributed by atoms with Gasteiger partial charge >= 0.3 is 0 Å². The Balaban J connectivity index is 1.56. The molecule has 4 aliphatic carbocycles. The van der Waals surface area contributed by atoms with Crippen LogP contribution in [-0.4, -0.2) is 11.2 Å². The molecular formula is C24H42O. The normalized spacial score (nSPS) is 53.6. The van der Waals surface area contributed by atoms with Crippen LogP contribution < -0.4 is 0 Å². The Morgan fingerprint density at radius 1 is 0.920 bits per heavy atom. The number of rotatable bonds is 3. The molecule has 9 atom stereocenters. The second kappa shape index (κ2) is 6.54. The second-order valence-corrected chi connectivity index (χ2v) is 11.1. The molecule has 4 saturated carbocycles. The summed E-state index contributed by atoms with van der Waals surface area (Å²) in [5, 5.41) is 10.2. The van der Waals surface area contributed by atoms with Gasteiger partial charge < -0.3 is 5.11 Å². The zero-order valence-corrected chi connectivity index (χ0v) is 17.3. The maximum Gasteiger partial charge on any atom is 0.0543 e. The fourth-order valence-corrected chi connectivity index (χ4v) is 8.87. The van der Waals surface area contributed by atoms with E-state index in [2.05, 4.69) is 27.7 Å². The third-order valence-electron chi connectivity index (χ3n) is 10.1. The number of aliphatic hydroxyl groups is 1. The molecule has 6 unspecified atom stereocenters. The van der Waals surface area contributed by atoms with Crippen molar-refractivity contribution in [3.63, 3.8) is 0 Å². The van der Waals surface area contributed by atoms with E-state index in [-0.39, 0.29) is 6.10 Å². The van der Waals surface area contributed by atoms with Gasteiger partial charge in [0.15, 0.2) is 0 Å². The molecule has 0 aromatic rings. The third kappa shape index (κ3) is 2.74. The van der Waals surface area contributed by atoms with Gasteiger partial charge in [0, 0.05) is 0 Å². The average molecular weight is 347 g/mol. The van der Waals surface area contributed by atoms with Crippen LogP contribution in [0.25, 0.3) is 0 Å². The van der Waals surface area contributed by atoms with E-state index in [0.717, 1.165) is 48.3 Å². The second-order valence-electron chi connectivity index (χ2n) is 11.1. The quantitative estimate of drug-likeness (QED) is 0.623. The van der Waals surface area contributed by atoms with Gasteiger partial charge in [0.2, 0.25) is 0 Å². The van der Waals surface area contributed by atoms with E-state index < -0.39 is 0 Å². The maximum atomic E-state index is 10.2. The van der Waals surface area contributed by atoms with E-state index in [9.17, 15) is 5.11 Å². The first-order valence-corrected chi connectivity index (χ1v) is 11.6. The van der Waals surface area contributed by atoms with Crippen molar-refractivity contribution in [2.75, 3.05) is 0 Å². The molecule has 25 heavy (non-hydrogen) atoms. The van der Waals surface area contributed by atoms with Gasteiger partial charge in [-0.25, -0.2) is 0 Å². The molecule has 144 valence electrons. The van der Waals surface area contributed by atoms with Gasteiger partial charge in [-0.2, -0.15) is 0 Å². The van der Waals surface area contributed by atoms with Crippen molar-refractivity contribution >= 4 is 0 Å². The van der Waals surface area contributed by atoms with Crippen LogP contribution in [-0.2, 0) is 0 Å². The Morgan fingerprint density at radius 2 is 1.64 bits per heavy atom. The molecule has 4 fully saturated rings. The molecule has 0 spiro atoms. The number of fused-ring (bicyclic) bond motifs is 5. The average Bonchev–Trinajstić information content (AvgIpc) is 2.93. The Labute approximate surface area is 156 Å². The monoisotopic (exact) mass is 346 g/mol. The minimum atomic E-state index is -0.00534. The largest absolute Gasteiger partial charge is 0.393 e. The number of hydrogen-bond donors (Lipinski definition) is 1. The number of aliphatic hydroxyl groups excluding tert-OH is 1. The van der Waals surface area contributed by atoms with E-state index >= 15 is 0 Å². The van der Waals surface area contributed by atoms with Gasteiger partial charge in [-0.1, -0.05) is 40.5 Å². The summed E-state index contributed by atoms with van der Waals surface area (Å²) in [6, 6.07) is 0. The molecular weight excluding hydrogens is 304 g/mol. The van der Waals surface area contributed by atoms with Crippen LogP contribution in [0.2, 0.25) is 0 Å². The van der Waals surface area contributed by atoms with Gasteiger partial charge in [-0.05, 0) is 104 Å². The van der Waals surface area contributed by atoms with Gasteiger partial charge in [-0.15, -0.1) is 0 Å². The predicted molar refractivity (Wildman–Crippen MR) is 105 cm³/mol. The Morgan fingerprint density at radius 3 is 2.40 bits per heavy atom. The van der Waals surface area contributed by atoms with Crippen LogP contribution in [0, 0.1) is 46.3 Å². The van der Waals surface area contributed by atoms with Crippen LogP contribution in [0.5, 0.6) is 0 Å². The Bertz CT molecular complexity index is 486. The smallest absolute Gasteiger partial charge is 0.0543 e. The topological polar surface area (TPSA) is 20.2 Å². The van der Waals surface area contributed by atoms with Gasteiger partial charge in [0.1, 0.15) is 0 Å². The molecule has 1 N–H and O–H groups in total. The molecule has 0 aromatic carbocycles. The zero-order valence-electron chi connectivity index (χ0n) is 17.3. The summed E-state index contributed by atoms with van der Waals surface area (Å²) in [7, 11) is 0. The first-order chi connectivity index (χ1) is 11.9. The van der Waals surface area contributed by atoms with E-state index in [1.165, 1.54) is 57.8 Å². The third-order valence-corrected chi connectivity index (χ3v) is 10.1. The molecule has 0 heterocycles. The lowest BCUT2D eigenvalue weighted by atomic mass is 9.44. The van der Waals surface area contributed by atoms with Crippen molar-refractivity contribution < 1.29 is 5.11 Å². The van der Waals surface area contributed by atoms with Crippen LogP contribution in [0.1, 0.15) is 98.3 Å². The van der Waals surface area contributed by atoms with Crippen molar-refractivity contribution in [1.82, 2.24) is 0 Å². The first-order valence-electron chi connectivity index (χ1n) is 11.6. The van der Waals surface area contributed by atoms with E-state index in [1.807, 2.05) is 0 Å². The van der Waals surface area contributed by atoms with Crippen molar-refractivity contribution in [1.29, 1.82) is 0 Å². The van der Waals surface area contributed by atoms with Crippen molar-refractivity contribution in [2.45, 2.75) is 104 Å². The van der Waals surface area contributed by atoms with E-state index in [4.69, 9.17) is 0 Å². The lowest BCUT2D eigenvalue weighted by molar-refractivity contribution is -0.129. The highest BCUT2D eigenvalue weighted by atomic mass is 16.3. The number of hydrogen-bond acceptors (Lipinski definition) is 1. The predicted octanol–water partition coefficient (Wildman–Crippen LogP) is 6.44. The summed E-state index contributed by atoms with van der Waals surface area (Å²) in [5.74, 6) is 5.66.